The molecule has 1 aromatic carbocycles. The largest absolute Gasteiger partial charge is 0.512 e. The van der Waals surface area contributed by atoms with E-state index in [1.54, 1.807) is 6.92 Å². The predicted octanol–water partition coefficient (Wildman–Crippen LogP) is 6.33. The van der Waals surface area contributed by atoms with E-state index in [4.69, 9.17) is 5.11 Å². The normalized spacial score (nSPS) is 15.5. The standard InChI is InChI=1S/C22H21N2.C6H10O2.Ir/c1-21(2)16-11-13-23-14-18(16)22(3,4)20-15(8-7-9-17(20)21)19-10-5-6-12-24-19;1-4(5(2)7)6(3)8;/h5-7,9-14H,1-4H3;7H,1-3H3;/q-1;;/b;5-4-;. The summed E-state index contributed by atoms with van der Waals surface area (Å²) in [7, 11) is 0. The third-order valence-corrected chi connectivity index (χ3v) is 6.45. The van der Waals surface area contributed by atoms with Crippen LogP contribution in [0.1, 0.15) is 70.7 Å². The fourth-order valence-corrected chi connectivity index (χ4v) is 4.35. The first-order valence-corrected chi connectivity index (χ1v) is 10.8. The number of Topliss-reactive ketones (excluding diaryl/α,β-unsaturated/α-hetero) is 1. The molecule has 0 fully saturated rings. The van der Waals surface area contributed by atoms with Crippen molar-refractivity contribution >= 4 is 5.78 Å². The van der Waals surface area contributed by atoms with Crippen LogP contribution in [0, 0.1) is 6.07 Å². The maximum Gasteiger partial charge on any atom is 0.158 e. The van der Waals surface area contributed by atoms with Crippen LogP contribution in [0.15, 0.2) is 66.3 Å². The number of carbonyl (C=O) groups is 1. The van der Waals surface area contributed by atoms with Crippen LogP contribution in [0.25, 0.3) is 11.3 Å². The molecule has 0 saturated heterocycles. The third-order valence-electron chi connectivity index (χ3n) is 6.45. The van der Waals surface area contributed by atoms with Crippen LogP contribution in [-0.2, 0) is 35.7 Å². The van der Waals surface area contributed by atoms with Crippen molar-refractivity contribution in [2.45, 2.75) is 59.3 Å². The van der Waals surface area contributed by atoms with Crippen LogP contribution in [-0.4, -0.2) is 20.9 Å². The molecule has 1 aliphatic carbocycles. The first kappa shape index (κ1) is 26.6. The molecule has 1 radical (unpaired) electrons. The second-order valence-electron chi connectivity index (χ2n) is 9.29. The van der Waals surface area contributed by atoms with Gasteiger partial charge in [-0.1, -0.05) is 39.8 Å². The summed E-state index contributed by atoms with van der Waals surface area (Å²) in [6.45, 7) is 13.7. The zero-order valence-electron chi connectivity index (χ0n) is 20.3. The van der Waals surface area contributed by atoms with E-state index in [9.17, 15) is 4.79 Å². The molecule has 3 aromatic rings. The summed E-state index contributed by atoms with van der Waals surface area (Å²) in [5.41, 5.74) is 7.62. The number of aromatic nitrogens is 2. The summed E-state index contributed by atoms with van der Waals surface area (Å²) in [5.74, 6) is 0.0301. The smallest absolute Gasteiger partial charge is 0.158 e. The van der Waals surface area contributed by atoms with Crippen LogP contribution in [0.5, 0.6) is 0 Å². The maximum absolute atomic E-state index is 10.4. The Bertz CT molecular complexity index is 1180. The molecule has 2 aromatic heterocycles. The van der Waals surface area contributed by atoms with E-state index in [0.29, 0.717) is 5.57 Å². The van der Waals surface area contributed by atoms with Gasteiger partial charge in [-0.2, -0.15) is 0 Å². The van der Waals surface area contributed by atoms with Crippen LogP contribution < -0.4 is 0 Å². The van der Waals surface area contributed by atoms with E-state index in [1.165, 1.54) is 36.1 Å². The Kier molecular flexibility index (Phi) is 8.16. The Balaban J connectivity index is 0.000000372. The molecule has 4 rings (SSSR count). The number of benzene rings is 1. The molecule has 5 heteroatoms. The quantitative estimate of drug-likeness (QED) is 0.207. The number of pyridine rings is 2. The molecule has 2 heterocycles. The third kappa shape index (κ3) is 5.00. The fraction of sp³-hybridized carbons (Fsp3) is 0.321. The number of carbonyl (C=O) groups excluding carboxylic acids is 1. The SMILES string of the molecule is CC(=O)/C(C)=C(/C)O.CC1(C)c2ccncc2C(C)(C)c2c(-c3ccccn3)[c-]ccc21.[Ir]. The van der Waals surface area contributed by atoms with Crippen molar-refractivity contribution in [3.8, 4) is 11.3 Å². The Morgan fingerprint density at radius 3 is 2.15 bits per heavy atom. The van der Waals surface area contributed by atoms with Crippen molar-refractivity contribution < 1.29 is 30.0 Å². The van der Waals surface area contributed by atoms with E-state index in [-0.39, 0.29) is 42.5 Å². The number of nitrogens with zero attached hydrogens (tertiary/aromatic N) is 2. The van der Waals surface area contributed by atoms with E-state index in [2.05, 4.69) is 61.9 Å². The van der Waals surface area contributed by atoms with Gasteiger partial charge in [-0.05, 0) is 60.6 Å². The fourth-order valence-electron chi connectivity index (χ4n) is 4.35. The topological polar surface area (TPSA) is 63.1 Å². The van der Waals surface area contributed by atoms with Crippen molar-refractivity contribution in [2.24, 2.45) is 0 Å². The van der Waals surface area contributed by atoms with Gasteiger partial charge in [0.1, 0.15) is 0 Å². The minimum absolute atomic E-state index is 0. The number of aliphatic hydroxyl groups is 1. The number of fused-ring (bicyclic) bond motifs is 2. The average molecular weight is 620 g/mol. The number of aliphatic hydroxyl groups excluding tert-OH is 1. The van der Waals surface area contributed by atoms with Gasteiger partial charge in [-0.25, -0.2) is 0 Å². The first-order valence-electron chi connectivity index (χ1n) is 10.8. The molecular weight excluding hydrogens is 589 g/mol. The van der Waals surface area contributed by atoms with Gasteiger partial charge in [0.2, 0.25) is 0 Å². The van der Waals surface area contributed by atoms with Crippen molar-refractivity contribution in [3.63, 3.8) is 0 Å². The summed E-state index contributed by atoms with van der Waals surface area (Å²) >= 11 is 0. The molecule has 1 N–H and O–H groups in total. The van der Waals surface area contributed by atoms with Gasteiger partial charge in [-0.3, -0.25) is 9.78 Å². The summed E-state index contributed by atoms with van der Waals surface area (Å²) < 4.78 is 0. The molecule has 0 atom stereocenters. The first-order chi connectivity index (χ1) is 15.0. The van der Waals surface area contributed by atoms with Gasteiger partial charge in [0.25, 0.3) is 0 Å². The molecule has 0 amide bonds. The van der Waals surface area contributed by atoms with Gasteiger partial charge in [-0.15, -0.1) is 34.9 Å². The van der Waals surface area contributed by atoms with Gasteiger partial charge >= 0.3 is 0 Å². The molecule has 175 valence electrons. The minimum Gasteiger partial charge on any atom is -0.512 e. The van der Waals surface area contributed by atoms with Gasteiger partial charge in [0.15, 0.2) is 5.78 Å². The zero-order valence-corrected chi connectivity index (χ0v) is 22.7. The predicted molar refractivity (Wildman–Crippen MR) is 129 cm³/mol. The number of hydrogen-bond acceptors (Lipinski definition) is 4. The maximum atomic E-state index is 10.4. The summed E-state index contributed by atoms with van der Waals surface area (Å²) in [6.07, 6.45) is 5.77. The van der Waals surface area contributed by atoms with E-state index >= 15 is 0 Å². The second kappa shape index (κ2) is 10.1. The minimum atomic E-state index is -0.140. The van der Waals surface area contributed by atoms with Gasteiger partial charge in [0, 0.05) is 44.3 Å². The van der Waals surface area contributed by atoms with Crippen LogP contribution in [0.3, 0.4) is 0 Å². The monoisotopic (exact) mass is 620 g/mol. The van der Waals surface area contributed by atoms with Crippen molar-refractivity contribution in [2.75, 3.05) is 0 Å². The molecule has 0 spiro atoms. The Morgan fingerprint density at radius 2 is 1.61 bits per heavy atom. The van der Waals surface area contributed by atoms with Gasteiger partial charge in [0.05, 0.1) is 5.76 Å². The molecule has 0 unspecified atom stereocenters. The summed E-state index contributed by atoms with van der Waals surface area (Å²) in [4.78, 5) is 19.4. The number of allylic oxidation sites excluding steroid dienone is 2. The molecular formula is C28H31IrN2O2-. The average Bonchev–Trinajstić information content (AvgIpc) is 2.78. The molecule has 0 bridgehead atoms. The van der Waals surface area contributed by atoms with E-state index in [0.717, 1.165) is 11.3 Å². The summed E-state index contributed by atoms with van der Waals surface area (Å²) in [6, 6.07) is 15.9. The number of hydrogen-bond donors (Lipinski definition) is 1. The number of rotatable bonds is 2. The molecule has 4 nitrogen and oxygen atoms in total. The van der Waals surface area contributed by atoms with Crippen LogP contribution >= 0.6 is 0 Å². The Morgan fingerprint density at radius 1 is 0.909 bits per heavy atom. The Hall–Kier alpha value is -2.62. The van der Waals surface area contributed by atoms with Crippen LogP contribution in [0.2, 0.25) is 0 Å². The Labute approximate surface area is 210 Å². The second-order valence-corrected chi connectivity index (χ2v) is 9.29. The zero-order chi connectivity index (χ0) is 23.7. The molecule has 0 saturated carbocycles. The molecule has 0 aliphatic heterocycles. The van der Waals surface area contributed by atoms with Gasteiger partial charge < -0.3 is 10.1 Å². The molecule has 1 aliphatic rings. The van der Waals surface area contributed by atoms with E-state index in [1.807, 2.05) is 36.8 Å². The van der Waals surface area contributed by atoms with Crippen molar-refractivity contribution in [1.29, 1.82) is 0 Å². The number of ketones is 1. The van der Waals surface area contributed by atoms with Crippen molar-refractivity contribution in [3.05, 3.63) is 94.6 Å². The molecule has 33 heavy (non-hydrogen) atoms. The van der Waals surface area contributed by atoms with Crippen molar-refractivity contribution in [1.82, 2.24) is 9.97 Å². The summed E-state index contributed by atoms with van der Waals surface area (Å²) in [5, 5.41) is 8.65. The van der Waals surface area contributed by atoms with E-state index < -0.39 is 0 Å². The van der Waals surface area contributed by atoms with Crippen LogP contribution in [0.4, 0.5) is 0 Å².